The maximum absolute atomic E-state index is 13.6. The van der Waals surface area contributed by atoms with Crippen LogP contribution in [-0.2, 0) is 11.2 Å². The molecule has 0 saturated heterocycles. The number of fused-ring (bicyclic) bond motifs is 1. The molecule has 0 bridgehead atoms. The van der Waals surface area contributed by atoms with Gasteiger partial charge < -0.3 is 20.1 Å². The van der Waals surface area contributed by atoms with Gasteiger partial charge in [-0.3, -0.25) is 4.79 Å². The molecular formula is C13H11BF2N2O5. The van der Waals surface area contributed by atoms with Crippen LogP contribution in [0, 0.1) is 23.0 Å². The molecule has 1 aliphatic heterocycles. The van der Waals surface area contributed by atoms with Crippen molar-refractivity contribution in [3.8, 4) is 11.8 Å². The highest BCUT2D eigenvalue weighted by Gasteiger charge is 2.39. The topological polar surface area (TPSA) is 120 Å². The first-order chi connectivity index (χ1) is 10.8. The third-order valence-corrected chi connectivity index (χ3v) is 3.30. The van der Waals surface area contributed by atoms with E-state index in [1.807, 2.05) is 0 Å². The monoisotopic (exact) mass is 324 g/mol. The van der Waals surface area contributed by atoms with Crippen molar-refractivity contribution in [2.45, 2.75) is 25.2 Å². The highest BCUT2D eigenvalue weighted by atomic mass is 19.2. The van der Waals surface area contributed by atoms with E-state index in [2.05, 4.69) is 5.32 Å². The Balaban J connectivity index is 2.28. The van der Waals surface area contributed by atoms with E-state index < -0.39 is 47.9 Å². The van der Waals surface area contributed by atoms with Crippen LogP contribution in [0.5, 0.6) is 5.75 Å². The normalized spacial score (nSPS) is 16.1. The number of hydrogen-bond acceptors (Lipinski definition) is 5. The molecule has 1 aromatic rings. The number of carbonyl (C=O) groups is 2. The summed E-state index contributed by atoms with van der Waals surface area (Å²) in [6, 6.07) is 2.55. The summed E-state index contributed by atoms with van der Waals surface area (Å²) in [5.74, 6) is -6.65. The molecule has 0 spiro atoms. The van der Waals surface area contributed by atoms with Gasteiger partial charge in [-0.2, -0.15) is 5.26 Å². The van der Waals surface area contributed by atoms with E-state index in [0.29, 0.717) is 0 Å². The van der Waals surface area contributed by atoms with Crippen molar-refractivity contribution >= 4 is 19.0 Å². The lowest BCUT2D eigenvalue weighted by Crippen LogP contribution is -2.53. The number of carbonyl (C=O) groups excluding carboxylic acids is 1. The summed E-state index contributed by atoms with van der Waals surface area (Å²) in [6.45, 7) is 0. The van der Waals surface area contributed by atoms with Gasteiger partial charge in [0.25, 0.3) is 0 Å². The second-order valence-electron chi connectivity index (χ2n) is 4.89. The van der Waals surface area contributed by atoms with Crippen molar-refractivity contribution in [2.75, 3.05) is 0 Å². The zero-order valence-corrected chi connectivity index (χ0v) is 11.7. The van der Waals surface area contributed by atoms with Gasteiger partial charge in [0.2, 0.25) is 5.91 Å². The van der Waals surface area contributed by atoms with Crippen LogP contribution in [0.15, 0.2) is 6.07 Å². The number of benzene rings is 1. The average Bonchev–Trinajstić information content (AvgIpc) is 2.48. The summed E-state index contributed by atoms with van der Waals surface area (Å²) in [5, 5.41) is 29.6. The Morgan fingerprint density at radius 1 is 1.52 bits per heavy atom. The second kappa shape index (κ2) is 6.62. The van der Waals surface area contributed by atoms with Crippen LogP contribution < -0.4 is 9.97 Å². The van der Waals surface area contributed by atoms with E-state index in [-0.39, 0.29) is 24.8 Å². The number of nitrogens with one attached hydrogen (secondary N) is 1. The molecule has 1 heterocycles. The van der Waals surface area contributed by atoms with Crippen LogP contribution in [0.2, 0.25) is 0 Å². The first-order valence-corrected chi connectivity index (χ1v) is 6.60. The molecule has 0 fully saturated rings. The van der Waals surface area contributed by atoms with Gasteiger partial charge in [0.1, 0.15) is 11.3 Å². The molecule has 2 rings (SSSR count). The van der Waals surface area contributed by atoms with Gasteiger partial charge in [0.05, 0.1) is 12.0 Å². The molecule has 0 saturated carbocycles. The Hall–Kier alpha value is -2.67. The highest BCUT2D eigenvalue weighted by molar-refractivity contribution is 6.47. The fourth-order valence-corrected chi connectivity index (χ4v) is 2.25. The van der Waals surface area contributed by atoms with E-state index in [0.717, 1.165) is 6.07 Å². The fourth-order valence-electron chi connectivity index (χ4n) is 2.25. The number of nitriles is 1. The fraction of sp³-hybridized carbons (Fsp3) is 0.308. The molecule has 1 atom stereocenters. The lowest BCUT2D eigenvalue weighted by Gasteiger charge is -2.29. The number of rotatable bonds is 4. The van der Waals surface area contributed by atoms with E-state index in [1.165, 1.54) is 0 Å². The van der Waals surface area contributed by atoms with Crippen molar-refractivity contribution in [3.63, 3.8) is 0 Å². The molecule has 1 unspecified atom stereocenters. The largest absolute Gasteiger partial charge is 0.547 e. The average molecular weight is 324 g/mol. The number of hydrogen-bond donors (Lipinski definition) is 3. The summed E-state index contributed by atoms with van der Waals surface area (Å²) in [7, 11) is -1.63. The number of amides is 1. The number of carboxylic acid groups (broad SMARTS) is 1. The molecule has 10 heteroatoms. The van der Waals surface area contributed by atoms with Crippen molar-refractivity contribution in [1.29, 1.82) is 5.26 Å². The predicted octanol–water partition coefficient (Wildman–Crippen LogP) is 0.406. The minimum Gasteiger partial charge on any atom is -0.534 e. The summed E-state index contributed by atoms with van der Waals surface area (Å²) >= 11 is 0. The predicted molar refractivity (Wildman–Crippen MR) is 72.4 cm³/mol. The lowest BCUT2D eigenvalue weighted by molar-refractivity contribution is -0.121. The Morgan fingerprint density at radius 3 is 2.83 bits per heavy atom. The summed E-state index contributed by atoms with van der Waals surface area (Å²) in [4.78, 5) is 22.6. The van der Waals surface area contributed by atoms with Crippen molar-refractivity contribution < 1.29 is 33.2 Å². The smallest absolute Gasteiger partial charge is 0.534 e. The molecule has 1 aliphatic rings. The van der Waals surface area contributed by atoms with Crippen LogP contribution in [0.1, 0.15) is 28.8 Å². The molecule has 1 aromatic carbocycles. The van der Waals surface area contributed by atoms with Crippen LogP contribution in [0.3, 0.4) is 0 Å². The maximum Gasteiger partial charge on any atom is 0.547 e. The molecule has 23 heavy (non-hydrogen) atoms. The second-order valence-corrected chi connectivity index (χ2v) is 4.89. The van der Waals surface area contributed by atoms with Gasteiger partial charge >= 0.3 is 13.1 Å². The van der Waals surface area contributed by atoms with Gasteiger partial charge in [0.15, 0.2) is 11.6 Å². The first-order valence-electron chi connectivity index (χ1n) is 6.60. The van der Waals surface area contributed by atoms with E-state index in [4.69, 9.17) is 15.0 Å². The molecule has 7 nitrogen and oxygen atoms in total. The van der Waals surface area contributed by atoms with Crippen LogP contribution >= 0.6 is 0 Å². The first kappa shape index (κ1) is 16.7. The van der Waals surface area contributed by atoms with E-state index in [9.17, 15) is 23.4 Å². The van der Waals surface area contributed by atoms with Crippen LogP contribution in [0.4, 0.5) is 8.78 Å². The molecule has 0 radical (unpaired) electrons. The summed E-state index contributed by atoms with van der Waals surface area (Å²) < 4.78 is 32.1. The van der Waals surface area contributed by atoms with Gasteiger partial charge in [-0.1, -0.05) is 0 Å². The molecule has 0 aliphatic carbocycles. The van der Waals surface area contributed by atoms with E-state index >= 15 is 0 Å². The number of carboxylic acids is 1. The molecular weight excluding hydrogens is 313 g/mol. The molecule has 120 valence electrons. The number of nitrogens with zero attached hydrogens (tertiary/aromatic N) is 1. The minimum atomic E-state index is -1.73. The van der Waals surface area contributed by atoms with Crippen molar-refractivity contribution in [1.82, 2.24) is 5.32 Å². The van der Waals surface area contributed by atoms with Crippen molar-refractivity contribution in [3.05, 3.63) is 28.8 Å². The van der Waals surface area contributed by atoms with Gasteiger partial charge in [-0.25, -0.2) is 13.6 Å². The highest BCUT2D eigenvalue weighted by Crippen LogP contribution is 2.33. The lowest BCUT2D eigenvalue weighted by atomic mass is 9.72. The van der Waals surface area contributed by atoms with Gasteiger partial charge in [-0.05, 0) is 18.1 Å². The number of aromatic carboxylic acids is 1. The summed E-state index contributed by atoms with van der Waals surface area (Å²) in [5.41, 5.74) is -0.995. The molecule has 3 N–H and O–H groups in total. The zero-order valence-electron chi connectivity index (χ0n) is 11.7. The Labute approximate surface area is 129 Å². The Morgan fingerprint density at radius 2 is 2.22 bits per heavy atom. The Kier molecular flexibility index (Phi) is 4.81. The van der Waals surface area contributed by atoms with Gasteiger partial charge in [-0.15, -0.1) is 0 Å². The molecule has 0 aromatic heterocycles. The standard InChI is InChI=1S/C13H11BF2N2O5/c15-7-4-6-5-8(18-9(19)2-1-3-17)14(22)23-12(6)10(11(7)16)13(20)21/h4,8,22H,1-2,5H2,(H,18,19)(H,20,21). The SMILES string of the molecule is N#CCCC(=O)NC1Cc2cc(F)c(F)c(C(=O)O)c2OB1O. The van der Waals surface area contributed by atoms with Crippen LogP contribution in [0.25, 0.3) is 0 Å². The van der Waals surface area contributed by atoms with Gasteiger partial charge in [0, 0.05) is 12.8 Å². The minimum absolute atomic E-state index is 0.0113. The van der Waals surface area contributed by atoms with Crippen molar-refractivity contribution in [2.24, 2.45) is 0 Å². The summed E-state index contributed by atoms with van der Waals surface area (Å²) in [6.07, 6.45) is -0.258. The molecule has 1 amide bonds. The third-order valence-electron chi connectivity index (χ3n) is 3.30. The Bertz CT molecular complexity index is 707. The number of halogens is 2. The third kappa shape index (κ3) is 3.40. The zero-order chi connectivity index (χ0) is 17.1. The maximum atomic E-state index is 13.6. The quantitative estimate of drug-likeness (QED) is 0.690. The van der Waals surface area contributed by atoms with Crippen LogP contribution in [-0.4, -0.2) is 35.1 Å². The van der Waals surface area contributed by atoms with E-state index in [1.54, 1.807) is 6.07 Å².